The molecule has 4 fully saturated rings. The minimum atomic E-state index is -4.75. The molecule has 1 unspecified atom stereocenters. The number of H-pyrrole nitrogens is 1. The van der Waals surface area contributed by atoms with Gasteiger partial charge >= 0.3 is 0 Å². The topological polar surface area (TPSA) is 190 Å². The number of benzene rings is 3. The van der Waals surface area contributed by atoms with Gasteiger partial charge in [-0.05, 0) is 124 Å². The number of nitrogens with zero attached hydrogens (tertiary/aromatic N) is 4. The molecule has 2 aromatic heterocycles. The summed E-state index contributed by atoms with van der Waals surface area (Å²) in [5.41, 5.74) is 3.76. The molecular formula is C55H68FN7O9S. The summed E-state index contributed by atoms with van der Waals surface area (Å²) >= 11 is 0. The van der Waals surface area contributed by atoms with Crippen LogP contribution in [0, 0.1) is 32.7 Å². The number of nitrogens with one attached hydrogen (secondary N) is 3. The Morgan fingerprint density at radius 3 is 2.48 bits per heavy atom. The number of methoxy groups -OCH3 is 1. The molecule has 18 heteroatoms. The second-order valence-corrected chi connectivity index (χ2v) is 23.9. The monoisotopic (exact) mass is 1020 g/mol. The lowest BCUT2D eigenvalue weighted by atomic mass is 9.59. The summed E-state index contributed by atoms with van der Waals surface area (Å²) in [6.45, 7) is 13.7. The number of aromatic amines is 1. The van der Waals surface area contributed by atoms with Crippen LogP contribution in [0.2, 0.25) is 0 Å². The third kappa shape index (κ3) is 10.3. The number of carbonyl (C=O) groups excluding carboxylic acids is 1. The number of anilines is 2. The van der Waals surface area contributed by atoms with Crippen LogP contribution in [0.25, 0.3) is 11.0 Å². The number of piperidine rings is 1. The zero-order valence-corrected chi connectivity index (χ0v) is 43.5. The standard InChI is InChI=1S/C55H68FN7O9S/c1-33(2)39-10-7-8-11-40(39)45-12-9-21-62(45)37-28-55(29-37)19-22-61(23-20-55)36-13-14-41(47(24-36)72-49-27-42-43(56)30-57-51(42)59-53(49)71-31-34(3)69-6)52(64)60-73(67,68)38-25-46(63(65)66)50-48(26-38)70-32-44(58-50)35-15-17-54(4,5)18-16-35/h7-8,10-11,13-14,24-27,30,33-35,37,44-45,58H,9,12,15-23,28-29,31-32H2,1-6H3,(H,57,59)(H,60,64)/t34?,44-,45+/m1/s1. The number of halogens is 1. The largest absolute Gasteiger partial charge is 0.489 e. The van der Waals surface area contributed by atoms with Gasteiger partial charge in [-0.15, -0.1) is 0 Å². The summed E-state index contributed by atoms with van der Waals surface area (Å²) in [5.74, 6) is -1.03. The van der Waals surface area contributed by atoms with Gasteiger partial charge in [0.25, 0.3) is 27.5 Å². The number of hydrogen-bond acceptors (Lipinski definition) is 13. The molecule has 5 heterocycles. The minimum Gasteiger partial charge on any atom is -0.489 e. The van der Waals surface area contributed by atoms with Crippen LogP contribution in [0.1, 0.15) is 132 Å². The fourth-order valence-corrected chi connectivity index (χ4v) is 13.1. The second-order valence-electron chi connectivity index (χ2n) is 22.3. The normalized spacial score (nSPS) is 21.6. The fourth-order valence-electron chi connectivity index (χ4n) is 12.1. The van der Waals surface area contributed by atoms with Crippen molar-refractivity contribution in [3.8, 4) is 23.1 Å². The highest BCUT2D eigenvalue weighted by Gasteiger charge is 2.50. The van der Waals surface area contributed by atoms with Gasteiger partial charge in [0.2, 0.25) is 0 Å². The number of nitro benzene ring substituents is 1. The van der Waals surface area contributed by atoms with Gasteiger partial charge < -0.3 is 34.1 Å². The van der Waals surface area contributed by atoms with E-state index in [1.807, 2.05) is 0 Å². The van der Waals surface area contributed by atoms with Crippen molar-refractivity contribution in [2.24, 2.45) is 16.7 Å². The van der Waals surface area contributed by atoms with E-state index < -0.39 is 37.3 Å². The molecule has 390 valence electrons. The van der Waals surface area contributed by atoms with Crippen LogP contribution in [0.15, 0.2) is 71.8 Å². The molecule has 0 bridgehead atoms. The summed E-state index contributed by atoms with van der Waals surface area (Å²) in [6.07, 6.45) is 11.4. The Kier molecular flexibility index (Phi) is 13.9. The first-order valence-electron chi connectivity index (χ1n) is 25.9. The lowest BCUT2D eigenvalue weighted by Gasteiger charge is -2.56. The van der Waals surface area contributed by atoms with Gasteiger partial charge in [0.1, 0.15) is 30.4 Å². The number of pyridine rings is 1. The lowest BCUT2D eigenvalue weighted by Crippen LogP contribution is -2.54. The molecule has 5 aromatic rings. The van der Waals surface area contributed by atoms with E-state index in [0.29, 0.717) is 18.0 Å². The van der Waals surface area contributed by atoms with Crippen molar-refractivity contribution < 1.29 is 41.5 Å². The van der Waals surface area contributed by atoms with E-state index in [2.05, 4.69) is 81.8 Å². The maximum Gasteiger partial charge on any atom is 0.297 e. The minimum absolute atomic E-state index is 0.00590. The number of carbonyl (C=O) groups is 1. The van der Waals surface area contributed by atoms with Crippen LogP contribution >= 0.6 is 0 Å². The van der Waals surface area contributed by atoms with Crippen molar-refractivity contribution in [1.29, 1.82) is 0 Å². The van der Waals surface area contributed by atoms with E-state index in [9.17, 15) is 23.3 Å². The Morgan fingerprint density at radius 2 is 1.75 bits per heavy atom. The number of sulfonamides is 1. The van der Waals surface area contributed by atoms with Crippen molar-refractivity contribution in [3.05, 3.63) is 99.5 Å². The highest BCUT2D eigenvalue weighted by Crippen LogP contribution is 2.55. The summed E-state index contributed by atoms with van der Waals surface area (Å²) in [5, 5.41) is 15.9. The van der Waals surface area contributed by atoms with E-state index in [4.69, 9.17) is 18.9 Å². The molecule has 3 atom stereocenters. The van der Waals surface area contributed by atoms with Crippen LogP contribution in [-0.2, 0) is 14.8 Å². The predicted octanol–water partition coefficient (Wildman–Crippen LogP) is 11.0. The number of fused-ring (bicyclic) bond motifs is 2. The second kappa shape index (κ2) is 20.0. The first kappa shape index (κ1) is 50.5. The number of amides is 1. The summed E-state index contributed by atoms with van der Waals surface area (Å²) in [7, 11) is -3.21. The van der Waals surface area contributed by atoms with Crippen molar-refractivity contribution >= 4 is 44.0 Å². The molecule has 3 aromatic carbocycles. The summed E-state index contributed by atoms with van der Waals surface area (Å²) < 4.78 is 69.6. The maximum atomic E-state index is 15.1. The average molecular weight is 1020 g/mol. The molecule has 10 rings (SSSR count). The van der Waals surface area contributed by atoms with Gasteiger partial charge in [0.15, 0.2) is 17.2 Å². The zero-order chi connectivity index (χ0) is 51.4. The van der Waals surface area contributed by atoms with Crippen LogP contribution in [-0.4, -0.2) is 92.3 Å². The molecule has 3 aliphatic heterocycles. The Labute approximate surface area is 426 Å². The Morgan fingerprint density at radius 1 is 1.00 bits per heavy atom. The van der Waals surface area contributed by atoms with Crippen molar-refractivity contribution in [2.45, 2.75) is 134 Å². The van der Waals surface area contributed by atoms with Crippen molar-refractivity contribution in [3.63, 3.8) is 0 Å². The molecule has 2 saturated heterocycles. The van der Waals surface area contributed by atoms with E-state index in [-0.39, 0.29) is 87.5 Å². The Bertz CT molecular complexity index is 2990. The molecule has 16 nitrogen and oxygen atoms in total. The van der Waals surface area contributed by atoms with Gasteiger partial charge in [-0.3, -0.25) is 19.8 Å². The first-order chi connectivity index (χ1) is 34.9. The van der Waals surface area contributed by atoms with E-state index in [0.717, 1.165) is 89.0 Å². The highest BCUT2D eigenvalue weighted by atomic mass is 32.2. The average Bonchev–Trinajstić information content (AvgIpc) is 4.00. The summed E-state index contributed by atoms with van der Waals surface area (Å²) in [6, 6.07) is 18.2. The predicted molar refractivity (Wildman–Crippen MR) is 277 cm³/mol. The van der Waals surface area contributed by atoms with Crippen molar-refractivity contribution in [2.75, 3.05) is 50.2 Å². The van der Waals surface area contributed by atoms with Crippen molar-refractivity contribution in [1.82, 2.24) is 19.6 Å². The van der Waals surface area contributed by atoms with Gasteiger partial charge in [0, 0.05) is 68.4 Å². The molecular weight excluding hydrogens is 954 g/mol. The SMILES string of the molecule is COC(C)COc1nc2[nH]cc(F)c2cc1Oc1cc(N2CCC3(CC2)CC(N2CCC[C@H]2c2ccccc2C(C)C)C3)ccc1C(=O)NS(=O)(=O)c1cc2c(c([N+](=O)[O-])c1)N[C@@H](C1CCC(C)(C)CC1)CO2. The molecule has 5 aliphatic rings. The Hall–Kier alpha value is -5.98. The first-order valence-corrected chi connectivity index (χ1v) is 27.4. The number of ether oxygens (including phenoxy) is 4. The van der Waals surface area contributed by atoms with E-state index >= 15 is 4.39 Å². The highest BCUT2D eigenvalue weighted by molar-refractivity contribution is 7.90. The number of likely N-dealkylation sites (tertiary alicyclic amines) is 1. The lowest BCUT2D eigenvalue weighted by molar-refractivity contribution is -0.384. The maximum absolute atomic E-state index is 15.1. The number of nitro groups is 1. The number of hydrogen-bond donors (Lipinski definition) is 3. The van der Waals surface area contributed by atoms with Crippen LogP contribution in [0.5, 0.6) is 23.1 Å². The van der Waals surface area contributed by atoms with Gasteiger partial charge in [-0.25, -0.2) is 17.5 Å². The number of aromatic nitrogens is 2. The van der Waals surface area contributed by atoms with Gasteiger partial charge in [-0.2, -0.15) is 4.98 Å². The fraction of sp³-hybridized carbons (Fsp3) is 0.527. The molecule has 3 N–H and O–H groups in total. The molecule has 73 heavy (non-hydrogen) atoms. The summed E-state index contributed by atoms with van der Waals surface area (Å²) in [4.78, 5) is 38.1. The van der Waals surface area contributed by atoms with Gasteiger partial charge in [0.05, 0.1) is 32.9 Å². The molecule has 2 aliphatic carbocycles. The molecule has 0 radical (unpaired) electrons. The molecule has 1 spiro atoms. The van der Waals surface area contributed by atoms with E-state index in [1.165, 1.54) is 49.3 Å². The third-order valence-electron chi connectivity index (χ3n) is 16.6. The van der Waals surface area contributed by atoms with E-state index in [1.54, 1.807) is 19.1 Å². The molecule has 1 amide bonds. The quantitative estimate of drug-likeness (QED) is 0.0664. The van der Waals surface area contributed by atoms with Crippen LogP contribution < -0.4 is 29.1 Å². The van der Waals surface area contributed by atoms with Crippen LogP contribution in [0.4, 0.5) is 21.5 Å². The Balaban J connectivity index is 0.904. The zero-order valence-electron chi connectivity index (χ0n) is 42.7. The third-order valence-corrected chi connectivity index (χ3v) is 17.9. The molecule has 2 saturated carbocycles. The number of rotatable bonds is 15. The van der Waals surface area contributed by atoms with Gasteiger partial charge in [-0.1, -0.05) is 52.0 Å². The smallest absolute Gasteiger partial charge is 0.297 e. The van der Waals surface area contributed by atoms with Crippen LogP contribution in [0.3, 0.4) is 0 Å².